The van der Waals surface area contributed by atoms with Crippen LogP contribution in [0.15, 0.2) is 11.6 Å². The van der Waals surface area contributed by atoms with Crippen molar-refractivity contribution in [2.24, 2.45) is 40.4 Å². The fourth-order valence-corrected chi connectivity index (χ4v) is 10.3. The Morgan fingerprint density at radius 3 is 2.52 bits per heavy atom. The molecular weight excluding hydrogens is 408 g/mol. The highest BCUT2D eigenvalue weighted by Gasteiger charge is 2.73. The molecule has 0 N–H and O–H groups in total. The minimum Gasteiger partial charge on any atom is -0.458 e. The highest BCUT2D eigenvalue weighted by Crippen LogP contribution is 2.73. The molecule has 5 aliphatic rings. The van der Waals surface area contributed by atoms with Crippen molar-refractivity contribution in [1.82, 2.24) is 0 Å². The van der Waals surface area contributed by atoms with Crippen LogP contribution in [-0.2, 0) is 19.1 Å². The molecule has 0 bridgehead atoms. The second kappa shape index (κ2) is 6.95. The molecule has 0 aromatic carbocycles. The monoisotopic (exact) mass is 444 g/mol. The molecule has 4 fully saturated rings. The largest absolute Gasteiger partial charge is 0.458 e. The van der Waals surface area contributed by atoms with Gasteiger partial charge in [-0.25, -0.2) is 0 Å². The van der Waals surface area contributed by atoms with Crippen molar-refractivity contribution in [1.29, 1.82) is 0 Å². The number of hydrogen-bond acceptors (Lipinski definition) is 5. The van der Waals surface area contributed by atoms with Crippen molar-refractivity contribution < 1.29 is 19.1 Å². The molecule has 0 amide bonds. The molecule has 3 saturated carbocycles. The average Bonchev–Trinajstić information content (AvgIpc) is 3.17. The summed E-state index contributed by atoms with van der Waals surface area (Å²) in [5, 5.41) is 0.377. The van der Waals surface area contributed by atoms with Gasteiger partial charge in [0, 0.05) is 30.4 Å². The summed E-state index contributed by atoms with van der Waals surface area (Å²) in [6.07, 6.45) is 7.86. The third-order valence-electron chi connectivity index (χ3n) is 10.6. The van der Waals surface area contributed by atoms with Crippen LogP contribution >= 0.6 is 11.8 Å². The zero-order valence-electron chi connectivity index (χ0n) is 19.5. The molecular formula is C26H36O4S. The predicted octanol–water partition coefficient (Wildman–Crippen LogP) is 5.34. The number of fused-ring (bicyclic) bond motifs is 6. The molecule has 170 valence electrons. The molecule has 1 aliphatic heterocycles. The average molecular weight is 445 g/mol. The third kappa shape index (κ3) is 2.77. The van der Waals surface area contributed by atoms with Gasteiger partial charge < -0.3 is 4.74 Å². The van der Waals surface area contributed by atoms with Gasteiger partial charge in [-0.05, 0) is 73.2 Å². The van der Waals surface area contributed by atoms with Crippen LogP contribution in [0.1, 0.15) is 79.6 Å². The molecule has 31 heavy (non-hydrogen) atoms. The van der Waals surface area contributed by atoms with E-state index in [0.29, 0.717) is 42.4 Å². The summed E-state index contributed by atoms with van der Waals surface area (Å²) in [4.78, 5) is 36.9. The standard InChI is InChI=1S/C26H36O4S/c1-14-15(2)26(11-8-21(29)30-26)25(5)10-7-19-22(23(14)25)20(31-16(3)27)13-17-12-18(28)6-9-24(17,19)4/h12,14-15,19-20,22-23H,6-11,13H2,1-5H3/t14?,15-,19?,20?,22?,23?,24-,25-,26-/m0/s1. The van der Waals surface area contributed by atoms with E-state index in [4.69, 9.17) is 4.74 Å². The van der Waals surface area contributed by atoms with Crippen LogP contribution in [-0.4, -0.2) is 27.7 Å². The maximum atomic E-state index is 12.3. The number of carbonyl (C=O) groups excluding carboxylic acids is 3. The first-order valence-corrected chi connectivity index (χ1v) is 13.0. The van der Waals surface area contributed by atoms with E-state index in [1.54, 1.807) is 6.92 Å². The van der Waals surface area contributed by atoms with Crippen molar-refractivity contribution in [2.75, 3.05) is 0 Å². The second-order valence-corrected chi connectivity index (χ2v) is 13.0. The van der Waals surface area contributed by atoms with E-state index in [2.05, 4.69) is 27.7 Å². The van der Waals surface area contributed by atoms with Crippen LogP contribution in [0, 0.1) is 40.4 Å². The Morgan fingerprint density at radius 1 is 1.13 bits per heavy atom. The molecule has 4 nitrogen and oxygen atoms in total. The molecule has 0 aromatic heterocycles. The fraction of sp³-hybridized carbons (Fsp3) is 0.808. The minimum absolute atomic E-state index is 0.0377. The van der Waals surface area contributed by atoms with Crippen LogP contribution in [0.3, 0.4) is 0 Å². The van der Waals surface area contributed by atoms with E-state index in [0.717, 1.165) is 32.1 Å². The molecule has 5 heteroatoms. The Morgan fingerprint density at radius 2 is 1.87 bits per heavy atom. The normalized spacial score (nSPS) is 51.1. The van der Waals surface area contributed by atoms with E-state index < -0.39 is 0 Å². The highest BCUT2D eigenvalue weighted by molar-refractivity contribution is 8.14. The van der Waals surface area contributed by atoms with Crippen molar-refractivity contribution >= 4 is 28.6 Å². The fourth-order valence-electron chi connectivity index (χ4n) is 9.10. The summed E-state index contributed by atoms with van der Waals surface area (Å²) in [5.41, 5.74) is 0.938. The summed E-state index contributed by atoms with van der Waals surface area (Å²) in [6, 6.07) is 0. The van der Waals surface area contributed by atoms with Crippen LogP contribution in [0.2, 0.25) is 0 Å². The lowest BCUT2D eigenvalue weighted by Gasteiger charge is -2.61. The molecule has 4 aliphatic carbocycles. The smallest absolute Gasteiger partial charge is 0.306 e. The topological polar surface area (TPSA) is 60.4 Å². The first kappa shape index (κ1) is 21.7. The zero-order valence-corrected chi connectivity index (χ0v) is 20.3. The van der Waals surface area contributed by atoms with Gasteiger partial charge in [0.25, 0.3) is 0 Å². The lowest BCUT2D eigenvalue weighted by atomic mass is 9.45. The van der Waals surface area contributed by atoms with Gasteiger partial charge in [0.2, 0.25) is 0 Å². The summed E-state index contributed by atoms with van der Waals surface area (Å²) < 4.78 is 6.24. The number of esters is 1. The Kier molecular flexibility index (Phi) is 4.87. The summed E-state index contributed by atoms with van der Waals surface area (Å²) in [6.45, 7) is 11.1. The maximum Gasteiger partial charge on any atom is 0.306 e. The number of rotatable bonds is 1. The van der Waals surface area contributed by atoms with E-state index in [1.807, 2.05) is 6.08 Å². The van der Waals surface area contributed by atoms with E-state index >= 15 is 0 Å². The maximum absolute atomic E-state index is 12.3. The van der Waals surface area contributed by atoms with Gasteiger partial charge >= 0.3 is 5.97 Å². The molecule has 5 unspecified atom stereocenters. The number of ketones is 1. The Hall–Kier alpha value is -1.10. The van der Waals surface area contributed by atoms with Gasteiger partial charge in [-0.1, -0.05) is 45.0 Å². The van der Waals surface area contributed by atoms with Gasteiger partial charge in [0.15, 0.2) is 10.9 Å². The van der Waals surface area contributed by atoms with Gasteiger partial charge in [-0.3, -0.25) is 14.4 Å². The molecule has 0 radical (unpaired) electrons. The van der Waals surface area contributed by atoms with Crippen molar-refractivity contribution in [3.05, 3.63) is 11.6 Å². The first-order valence-electron chi connectivity index (χ1n) is 12.2. The summed E-state index contributed by atoms with van der Waals surface area (Å²) in [7, 11) is 0. The van der Waals surface area contributed by atoms with Gasteiger partial charge in [-0.15, -0.1) is 0 Å². The molecule has 0 aromatic rings. The van der Waals surface area contributed by atoms with Gasteiger partial charge in [0.05, 0.1) is 0 Å². The number of hydrogen-bond donors (Lipinski definition) is 0. The van der Waals surface area contributed by atoms with Crippen molar-refractivity contribution in [3.8, 4) is 0 Å². The zero-order chi connectivity index (χ0) is 22.3. The van der Waals surface area contributed by atoms with Gasteiger partial charge in [0.1, 0.15) is 5.60 Å². The van der Waals surface area contributed by atoms with Crippen molar-refractivity contribution in [2.45, 2.75) is 90.4 Å². The first-order chi connectivity index (χ1) is 14.5. The lowest BCUT2D eigenvalue weighted by Crippen LogP contribution is -2.58. The van der Waals surface area contributed by atoms with Crippen LogP contribution in [0.5, 0.6) is 0 Å². The van der Waals surface area contributed by atoms with E-state index in [-0.39, 0.29) is 38.5 Å². The molecule has 1 spiro atoms. The number of ether oxygens (including phenoxy) is 1. The highest BCUT2D eigenvalue weighted by atomic mass is 32.2. The van der Waals surface area contributed by atoms with E-state index in [1.165, 1.54) is 17.3 Å². The molecule has 1 heterocycles. The van der Waals surface area contributed by atoms with Crippen molar-refractivity contribution in [3.63, 3.8) is 0 Å². The number of thioether (sulfide) groups is 1. The SMILES string of the molecule is CC(=O)SC1CC2=CC(=O)CC[C@]2(C)C2CC[C@@]3(C)C(C12)C(C)[C@H](C)[C@@]31CCC(=O)O1. The van der Waals surface area contributed by atoms with Gasteiger partial charge in [-0.2, -0.15) is 0 Å². The Bertz CT molecular complexity index is 879. The third-order valence-corrected chi connectivity index (χ3v) is 11.7. The summed E-state index contributed by atoms with van der Waals surface area (Å²) >= 11 is 1.50. The van der Waals surface area contributed by atoms with Crippen LogP contribution in [0.25, 0.3) is 0 Å². The van der Waals surface area contributed by atoms with Crippen LogP contribution in [0.4, 0.5) is 0 Å². The number of carbonyl (C=O) groups is 3. The lowest BCUT2D eigenvalue weighted by molar-refractivity contribution is -0.173. The molecule has 9 atom stereocenters. The summed E-state index contributed by atoms with van der Waals surface area (Å²) in [5.74, 6) is 2.31. The second-order valence-electron chi connectivity index (χ2n) is 11.6. The number of allylic oxidation sites excluding steroid dienone is 1. The molecule has 5 rings (SSSR count). The predicted molar refractivity (Wildman–Crippen MR) is 121 cm³/mol. The Balaban J connectivity index is 1.62. The minimum atomic E-state index is -0.357. The van der Waals surface area contributed by atoms with E-state index in [9.17, 15) is 14.4 Å². The quantitative estimate of drug-likeness (QED) is 0.511. The van der Waals surface area contributed by atoms with Crippen LogP contribution < -0.4 is 0 Å². The Labute approximate surface area is 190 Å². The molecule has 1 saturated heterocycles.